The second-order valence-corrected chi connectivity index (χ2v) is 6.09. The zero-order valence-corrected chi connectivity index (χ0v) is 12.4. The average Bonchev–Trinajstić information content (AvgIpc) is 2.45. The van der Waals surface area contributed by atoms with Gasteiger partial charge in [-0.15, -0.1) is 0 Å². The number of nitrogens with one attached hydrogen (secondary N) is 2. The van der Waals surface area contributed by atoms with Gasteiger partial charge in [0.2, 0.25) is 0 Å². The van der Waals surface area contributed by atoms with Crippen molar-refractivity contribution in [2.45, 2.75) is 20.8 Å². The maximum absolute atomic E-state index is 12.0. The molecule has 2 rings (SSSR count). The molecule has 0 radical (unpaired) electrons. The summed E-state index contributed by atoms with van der Waals surface area (Å²) in [5, 5.41) is 2.77. The lowest BCUT2D eigenvalue weighted by molar-refractivity contribution is 0.0938. The van der Waals surface area contributed by atoms with E-state index in [9.17, 15) is 9.59 Å². The molecular formula is C16H19N3O2. The highest BCUT2D eigenvalue weighted by Crippen LogP contribution is 2.14. The van der Waals surface area contributed by atoms with Gasteiger partial charge in [-0.3, -0.25) is 14.6 Å². The molecule has 5 heteroatoms. The predicted octanol–water partition coefficient (Wildman–Crippen LogP) is 2.21. The van der Waals surface area contributed by atoms with E-state index in [1.807, 2.05) is 20.8 Å². The molecule has 2 aromatic heterocycles. The highest BCUT2D eigenvalue weighted by molar-refractivity contribution is 5.94. The number of nitrogens with zero attached hydrogens (tertiary/aromatic N) is 1. The molecule has 0 bridgehead atoms. The van der Waals surface area contributed by atoms with Crippen LogP contribution in [-0.4, -0.2) is 22.4 Å². The molecule has 0 spiro atoms. The van der Waals surface area contributed by atoms with Crippen molar-refractivity contribution in [2.75, 3.05) is 6.54 Å². The summed E-state index contributed by atoms with van der Waals surface area (Å²) in [7, 11) is 0. The summed E-state index contributed by atoms with van der Waals surface area (Å²) in [5.74, 6) is -0.354. The first-order valence-electron chi connectivity index (χ1n) is 6.79. The smallest absolute Gasteiger partial charge is 0.261 e. The van der Waals surface area contributed by atoms with E-state index < -0.39 is 5.56 Å². The van der Waals surface area contributed by atoms with Crippen molar-refractivity contribution in [2.24, 2.45) is 5.41 Å². The molecule has 0 unspecified atom stereocenters. The Morgan fingerprint density at radius 1 is 1.19 bits per heavy atom. The summed E-state index contributed by atoms with van der Waals surface area (Å²) >= 11 is 0. The minimum Gasteiger partial charge on any atom is -0.351 e. The number of pyridine rings is 2. The van der Waals surface area contributed by atoms with Crippen LogP contribution in [0.2, 0.25) is 0 Å². The minimum atomic E-state index is -0.393. The molecule has 0 fully saturated rings. The van der Waals surface area contributed by atoms with E-state index in [0.717, 1.165) is 5.56 Å². The third kappa shape index (κ3) is 4.02. The van der Waals surface area contributed by atoms with E-state index in [2.05, 4.69) is 15.3 Å². The van der Waals surface area contributed by atoms with Gasteiger partial charge in [-0.1, -0.05) is 20.8 Å². The zero-order chi connectivity index (χ0) is 15.5. The Morgan fingerprint density at radius 2 is 1.86 bits per heavy atom. The van der Waals surface area contributed by atoms with Gasteiger partial charge in [-0.25, -0.2) is 0 Å². The lowest BCUT2D eigenvalue weighted by Crippen LogP contribution is -2.35. The first-order valence-corrected chi connectivity index (χ1v) is 6.79. The molecule has 2 aromatic rings. The molecule has 1 amide bonds. The second-order valence-electron chi connectivity index (χ2n) is 6.09. The molecule has 0 aromatic carbocycles. The van der Waals surface area contributed by atoms with E-state index in [4.69, 9.17) is 0 Å². The van der Waals surface area contributed by atoms with E-state index in [1.54, 1.807) is 36.7 Å². The number of aromatic nitrogens is 2. The number of amides is 1. The lowest BCUT2D eigenvalue weighted by atomic mass is 9.97. The Labute approximate surface area is 123 Å². The molecule has 0 aliphatic carbocycles. The number of carbonyl (C=O) groups is 1. The fraction of sp³-hybridized carbons (Fsp3) is 0.312. The number of hydrogen-bond donors (Lipinski definition) is 2. The third-order valence-corrected chi connectivity index (χ3v) is 2.92. The molecule has 2 N–H and O–H groups in total. The standard InChI is InChI=1S/C16H19N3O2/c1-16(2,3)10-18-14(20)12-4-5-13(19-15(12)21)11-6-8-17-9-7-11/h4-9H,10H2,1-3H3,(H,18,20)(H,19,21). The molecule has 2 heterocycles. The lowest BCUT2D eigenvalue weighted by Gasteiger charge is -2.18. The zero-order valence-electron chi connectivity index (χ0n) is 12.4. The quantitative estimate of drug-likeness (QED) is 0.908. The maximum atomic E-state index is 12.0. The van der Waals surface area contributed by atoms with Crippen molar-refractivity contribution < 1.29 is 4.79 Å². The largest absolute Gasteiger partial charge is 0.351 e. The van der Waals surface area contributed by atoms with E-state index in [-0.39, 0.29) is 16.9 Å². The van der Waals surface area contributed by atoms with E-state index in [1.165, 1.54) is 0 Å². The fourth-order valence-corrected chi connectivity index (χ4v) is 1.79. The number of carbonyl (C=O) groups excluding carboxylic acids is 1. The van der Waals surface area contributed by atoms with Crippen molar-refractivity contribution in [3.8, 4) is 11.3 Å². The number of aromatic amines is 1. The van der Waals surface area contributed by atoms with Crippen molar-refractivity contribution in [3.05, 3.63) is 52.6 Å². The second kappa shape index (κ2) is 5.91. The first-order chi connectivity index (χ1) is 9.87. The van der Waals surface area contributed by atoms with Crippen LogP contribution in [0.4, 0.5) is 0 Å². The molecule has 0 saturated carbocycles. The van der Waals surface area contributed by atoms with E-state index in [0.29, 0.717) is 12.2 Å². The molecule has 0 saturated heterocycles. The third-order valence-electron chi connectivity index (χ3n) is 2.92. The first kappa shape index (κ1) is 15.0. The minimum absolute atomic E-state index is 0.0284. The summed E-state index contributed by atoms with van der Waals surface area (Å²) < 4.78 is 0. The summed E-state index contributed by atoms with van der Waals surface area (Å²) in [6, 6.07) is 6.87. The number of hydrogen-bond acceptors (Lipinski definition) is 3. The van der Waals surface area contributed by atoms with Gasteiger partial charge in [0.25, 0.3) is 11.5 Å². The Morgan fingerprint density at radius 3 is 2.43 bits per heavy atom. The van der Waals surface area contributed by atoms with Gasteiger partial charge in [0.1, 0.15) is 5.56 Å². The van der Waals surface area contributed by atoms with Gasteiger partial charge in [-0.05, 0) is 29.7 Å². The normalized spacial score (nSPS) is 11.2. The van der Waals surface area contributed by atoms with Crippen LogP contribution in [0.1, 0.15) is 31.1 Å². The van der Waals surface area contributed by atoms with Crippen molar-refractivity contribution >= 4 is 5.91 Å². The van der Waals surface area contributed by atoms with Gasteiger partial charge >= 0.3 is 0 Å². The van der Waals surface area contributed by atoms with Crippen LogP contribution in [0.25, 0.3) is 11.3 Å². The summed E-state index contributed by atoms with van der Waals surface area (Å²) in [6.45, 7) is 6.57. The SMILES string of the molecule is CC(C)(C)CNC(=O)c1ccc(-c2ccncc2)[nH]c1=O. The maximum Gasteiger partial charge on any atom is 0.261 e. The topological polar surface area (TPSA) is 74.8 Å². The van der Waals surface area contributed by atoms with Crippen molar-refractivity contribution in [1.29, 1.82) is 0 Å². The number of rotatable bonds is 3. The molecule has 21 heavy (non-hydrogen) atoms. The van der Waals surface area contributed by atoms with Crippen LogP contribution in [0.5, 0.6) is 0 Å². The van der Waals surface area contributed by atoms with Gasteiger partial charge in [0.05, 0.1) is 0 Å². The molecule has 0 aliphatic heterocycles. The van der Waals surface area contributed by atoms with E-state index >= 15 is 0 Å². The summed E-state index contributed by atoms with van der Waals surface area (Å²) in [5.41, 5.74) is 1.21. The fourth-order valence-electron chi connectivity index (χ4n) is 1.79. The van der Waals surface area contributed by atoms with Crippen LogP contribution < -0.4 is 10.9 Å². The molecule has 5 nitrogen and oxygen atoms in total. The summed E-state index contributed by atoms with van der Waals surface area (Å²) in [4.78, 5) is 30.7. The highest BCUT2D eigenvalue weighted by atomic mass is 16.2. The van der Waals surface area contributed by atoms with Gasteiger partial charge in [-0.2, -0.15) is 0 Å². The molecular weight excluding hydrogens is 266 g/mol. The van der Waals surface area contributed by atoms with Gasteiger partial charge in [0.15, 0.2) is 0 Å². The summed E-state index contributed by atoms with van der Waals surface area (Å²) in [6.07, 6.45) is 3.30. The predicted molar refractivity (Wildman–Crippen MR) is 82.1 cm³/mol. The van der Waals surface area contributed by atoms with Crippen LogP contribution in [0.15, 0.2) is 41.5 Å². The van der Waals surface area contributed by atoms with Crippen molar-refractivity contribution in [1.82, 2.24) is 15.3 Å². The monoisotopic (exact) mass is 285 g/mol. The van der Waals surface area contributed by atoms with Crippen LogP contribution in [0.3, 0.4) is 0 Å². The number of H-pyrrole nitrogens is 1. The highest BCUT2D eigenvalue weighted by Gasteiger charge is 2.15. The Balaban J connectivity index is 2.20. The Hall–Kier alpha value is -2.43. The Bertz CT molecular complexity index is 685. The molecule has 110 valence electrons. The average molecular weight is 285 g/mol. The van der Waals surface area contributed by atoms with Crippen LogP contribution >= 0.6 is 0 Å². The molecule has 0 atom stereocenters. The van der Waals surface area contributed by atoms with Crippen LogP contribution in [-0.2, 0) is 0 Å². The molecule has 0 aliphatic rings. The van der Waals surface area contributed by atoms with Gasteiger partial charge < -0.3 is 10.3 Å². The van der Waals surface area contributed by atoms with Gasteiger partial charge in [0, 0.05) is 30.2 Å². The van der Waals surface area contributed by atoms with Crippen molar-refractivity contribution in [3.63, 3.8) is 0 Å². The van der Waals surface area contributed by atoms with Crippen LogP contribution in [0, 0.1) is 5.41 Å². The Kier molecular flexibility index (Phi) is 4.21.